The molecule has 0 bridgehead atoms. The number of hydrogen-bond donors (Lipinski definition) is 1. The standard InChI is InChI=1S/C20H20N2O4S/c1-14-7-8-15(2)17(11-14)25-13-20(24)26-12-19(23)22-16-5-3-4-6-18(16)27-10-9-21/h3-8,11H,10,12-13H2,1-2H3,(H,22,23). The maximum absolute atomic E-state index is 12.0. The van der Waals surface area contributed by atoms with Gasteiger partial charge in [0.15, 0.2) is 13.2 Å². The molecule has 0 aliphatic heterocycles. The number of aryl methyl sites for hydroxylation is 2. The molecule has 2 aromatic rings. The van der Waals surface area contributed by atoms with Crippen LogP contribution in [0.15, 0.2) is 47.4 Å². The van der Waals surface area contributed by atoms with E-state index in [9.17, 15) is 9.59 Å². The van der Waals surface area contributed by atoms with Gasteiger partial charge in [0.1, 0.15) is 5.75 Å². The van der Waals surface area contributed by atoms with Crippen molar-refractivity contribution in [3.8, 4) is 11.8 Å². The molecule has 0 radical (unpaired) electrons. The molecule has 27 heavy (non-hydrogen) atoms. The van der Waals surface area contributed by atoms with Gasteiger partial charge < -0.3 is 14.8 Å². The number of thioether (sulfide) groups is 1. The Hall–Kier alpha value is -2.98. The number of carbonyl (C=O) groups is 2. The summed E-state index contributed by atoms with van der Waals surface area (Å²) in [6.45, 7) is 3.13. The second-order valence-electron chi connectivity index (χ2n) is 5.71. The number of anilines is 1. The van der Waals surface area contributed by atoms with E-state index in [-0.39, 0.29) is 12.4 Å². The van der Waals surface area contributed by atoms with Gasteiger partial charge in [-0.2, -0.15) is 5.26 Å². The van der Waals surface area contributed by atoms with Crippen molar-refractivity contribution in [3.63, 3.8) is 0 Å². The Bertz CT molecular complexity index is 861. The lowest BCUT2D eigenvalue weighted by molar-refractivity contribution is -0.149. The molecule has 2 aromatic carbocycles. The van der Waals surface area contributed by atoms with Crippen LogP contribution in [-0.4, -0.2) is 30.8 Å². The summed E-state index contributed by atoms with van der Waals surface area (Å²) >= 11 is 1.32. The number of nitrogens with one attached hydrogen (secondary N) is 1. The zero-order chi connectivity index (χ0) is 19.6. The predicted octanol–water partition coefficient (Wildman–Crippen LogP) is 3.48. The molecular weight excluding hydrogens is 364 g/mol. The minimum absolute atomic E-state index is 0.272. The van der Waals surface area contributed by atoms with Crippen LogP contribution in [0.3, 0.4) is 0 Å². The number of carbonyl (C=O) groups excluding carboxylic acids is 2. The number of hydrogen-bond acceptors (Lipinski definition) is 6. The molecule has 0 aliphatic rings. The van der Waals surface area contributed by atoms with Gasteiger partial charge in [-0.3, -0.25) is 4.79 Å². The SMILES string of the molecule is Cc1ccc(C)c(OCC(=O)OCC(=O)Nc2ccccc2SCC#N)c1. The van der Waals surface area contributed by atoms with Crippen molar-refractivity contribution in [2.75, 3.05) is 24.3 Å². The minimum Gasteiger partial charge on any atom is -0.482 e. The molecule has 140 valence electrons. The number of nitriles is 1. The first-order chi connectivity index (χ1) is 13.0. The topological polar surface area (TPSA) is 88.4 Å². The van der Waals surface area contributed by atoms with Crippen LogP contribution in [-0.2, 0) is 14.3 Å². The number of esters is 1. The zero-order valence-corrected chi connectivity index (χ0v) is 16.0. The monoisotopic (exact) mass is 384 g/mol. The van der Waals surface area contributed by atoms with Crippen molar-refractivity contribution >= 4 is 29.3 Å². The average Bonchev–Trinajstić information content (AvgIpc) is 2.66. The first kappa shape index (κ1) is 20.3. The Kier molecular flexibility index (Phi) is 7.71. The Morgan fingerprint density at radius 2 is 1.93 bits per heavy atom. The van der Waals surface area contributed by atoms with Gasteiger partial charge >= 0.3 is 5.97 Å². The van der Waals surface area contributed by atoms with Crippen LogP contribution in [0.25, 0.3) is 0 Å². The van der Waals surface area contributed by atoms with Crippen molar-refractivity contribution in [1.29, 1.82) is 5.26 Å². The van der Waals surface area contributed by atoms with Crippen LogP contribution >= 0.6 is 11.8 Å². The van der Waals surface area contributed by atoms with Gasteiger partial charge in [-0.1, -0.05) is 24.3 Å². The molecule has 0 saturated heterocycles. The van der Waals surface area contributed by atoms with E-state index in [0.29, 0.717) is 11.4 Å². The highest BCUT2D eigenvalue weighted by Crippen LogP contribution is 2.26. The van der Waals surface area contributed by atoms with Crippen LogP contribution < -0.4 is 10.1 Å². The normalized spacial score (nSPS) is 9.96. The number of para-hydroxylation sites is 1. The number of amides is 1. The smallest absolute Gasteiger partial charge is 0.344 e. The van der Waals surface area contributed by atoms with E-state index >= 15 is 0 Å². The lowest BCUT2D eigenvalue weighted by Crippen LogP contribution is -2.24. The Morgan fingerprint density at radius 1 is 1.15 bits per heavy atom. The summed E-state index contributed by atoms with van der Waals surface area (Å²) in [6, 6.07) is 14.9. The summed E-state index contributed by atoms with van der Waals surface area (Å²) in [5, 5.41) is 11.4. The molecule has 0 atom stereocenters. The Labute approximate surface area is 162 Å². The van der Waals surface area contributed by atoms with Gasteiger partial charge in [0.25, 0.3) is 5.91 Å². The van der Waals surface area contributed by atoms with Crippen LogP contribution in [0.1, 0.15) is 11.1 Å². The summed E-state index contributed by atoms with van der Waals surface area (Å²) in [5.41, 5.74) is 2.51. The highest BCUT2D eigenvalue weighted by atomic mass is 32.2. The number of nitrogens with zero attached hydrogens (tertiary/aromatic N) is 1. The maximum Gasteiger partial charge on any atom is 0.344 e. The molecule has 1 N–H and O–H groups in total. The molecule has 6 nitrogen and oxygen atoms in total. The van der Waals surface area contributed by atoms with E-state index in [4.69, 9.17) is 14.7 Å². The summed E-state index contributed by atoms with van der Waals surface area (Å²) in [4.78, 5) is 24.6. The van der Waals surface area contributed by atoms with E-state index in [1.54, 1.807) is 12.1 Å². The fourth-order valence-corrected chi connectivity index (χ4v) is 2.85. The molecule has 0 aromatic heterocycles. The van der Waals surface area contributed by atoms with Crippen molar-refractivity contribution in [2.24, 2.45) is 0 Å². The van der Waals surface area contributed by atoms with Gasteiger partial charge in [-0.25, -0.2) is 4.79 Å². The summed E-state index contributed by atoms with van der Waals surface area (Å²) in [6.07, 6.45) is 0. The molecular formula is C20H20N2O4S. The fourth-order valence-electron chi connectivity index (χ4n) is 2.18. The highest BCUT2D eigenvalue weighted by molar-refractivity contribution is 7.99. The molecule has 0 saturated carbocycles. The quantitative estimate of drug-likeness (QED) is 0.554. The molecule has 2 rings (SSSR count). The van der Waals surface area contributed by atoms with Crippen LogP contribution in [0.5, 0.6) is 5.75 Å². The van der Waals surface area contributed by atoms with Gasteiger partial charge in [0.05, 0.1) is 17.5 Å². The third kappa shape index (κ3) is 6.68. The van der Waals surface area contributed by atoms with Crippen LogP contribution in [0.2, 0.25) is 0 Å². The summed E-state index contributed by atoms with van der Waals surface area (Å²) in [5.74, 6) is -0.199. The molecule has 0 heterocycles. The highest BCUT2D eigenvalue weighted by Gasteiger charge is 2.11. The van der Waals surface area contributed by atoms with Crippen molar-refractivity contribution in [2.45, 2.75) is 18.7 Å². The van der Waals surface area contributed by atoms with Gasteiger partial charge in [0, 0.05) is 4.90 Å². The first-order valence-electron chi connectivity index (χ1n) is 8.24. The van der Waals surface area contributed by atoms with E-state index in [1.165, 1.54) is 11.8 Å². The third-order valence-electron chi connectivity index (χ3n) is 3.51. The van der Waals surface area contributed by atoms with Crippen LogP contribution in [0.4, 0.5) is 5.69 Å². The third-order valence-corrected chi connectivity index (χ3v) is 4.45. The van der Waals surface area contributed by atoms with Gasteiger partial charge in [0.2, 0.25) is 0 Å². The van der Waals surface area contributed by atoms with E-state index in [0.717, 1.165) is 16.0 Å². The molecule has 0 spiro atoms. The molecule has 0 unspecified atom stereocenters. The summed E-state index contributed by atoms with van der Waals surface area (Å²) < 4.78 is 10.4. The Morgan fingerprint density at radius 3 is 2.70 bits per heavy atom. The zero-order valence-electron chi connectivity index (χ0n) is 15.2. The van der Waals surface area contributed by atoms with E-state index in [2.05, 4.69) is 5.32 Å². The first-order valence-corrected chi connectivity index (χ1v) is 9.22. The van der Waals surface area contributed by atoms with E-state index < -0.39 is 18.5 Å². The van der Waals surface area contributed by atoms with Gasteiger partial charge in [-0.15, -0.1) is 11.8 Å². The molecule has 1 amide bonds. The van der Waals surface area contributed by atoms with Crippen molar-refractivity contribution < 1.29 is 19.1 Å². The van der Waals surface area contributed by atoms with Crippen molar-refractivity contribution in [1.82, 2.24) is 0 Å². The molecule has 0 fully saturated rings. The molecule has 0 aliphatic carbocycles. The predicted molar refractivity (Wildman–Crippen MR) is 104 cm³/mol. The molecule has 7 heteroatoms. The second-order valence-corrected chi connectivity index (χ2v) is 6.73. The second kappa shape index (κ2) is 10.2. The average molecular weight is 384 g/mol. The van der Waals surface area contributed by atoms with Crippen LogP contribution in [0, 0.1) is 25.2 Å². The lowest BCUT2D eigenvalue weighted by Gasteiger charge is -2.11. The fraction of sp³-hybridized carbons (Fsp3) is 0.250. The maximum atomic E-state index is 12.0. The number of rotatable bonds is 8. The number of ether oxygens (including phenoxy) is 2. The Balaban J connectivity index is 1.81. The summed E-state index contributed by atoms with van der Waals surface area (Å²) in [7, 11) is 0. The van der Waals surface area contributed by atoms with Gasteiger partial charge in [-0.05, 0) is 43.2 Å². The lowest BCUT2D eigenvalue weighted by atomic mass is 10.1. The minimum atomic E-state index is -0.627. The van der Waals surface area contributed by atoms with Crippen molar-refractivity contribution in [3.05, 3.63) is 53.6 Å². The number of benzene rings is 2. The van der Waals surface area contributed by atoms with E-state index in [1.807, 2.05) is 50.2 Å². The largest absolute Gasteiger partial charge is 0.482 e.